The number of H-pyrrole nitrogens is 1. The minimum absolute atomic E-state index is 0.173. The molecule has 5 heteroatoms. The second-order valence-corrected chi connectivity index (χ2v) is 7.69. The second-order valence-electron chi connectivity index (χ2n) is 7.69. The van der Waals surface area contributed by atoms with Crippen molar-refractivity contribution >= 4 is 11.6 Å². The number of aromatic nitrogens is 2. The van der Waals surface area contributed by atoms with E-state index in [2.05, 4.69) is 10.2 Å². The summed E-state index contributed by atoms with van der Waals surface area (Å²) in [4.78, 5) is 15.1. The Balaban J connectivity index is 1.71. The number of halogens is 1. The van der Waals surface area contributed by atoms with Crippen LogP contribution in [0.25, 0.3) is 11.3 Å². The molecule has 1 aliphatic rings. The summed E-state index contributed by atoms with van der Waals surface area (Å²) >= 11 is 0. The van der Waals surface area contributed by atoms with Gasteiger partial charge in [0.2, 0.25) is 0 Å². The van der Waals surface area contributed by atoms with Gasteiger partial charge in [0.1, 0.15) is 11.5 Å². The van der Waals surface area contributed by atoms with Gasteiger partial charge in [0.25, 0.3) is 5.91 Å². The van der Waals surface area contributed by atoms with Crippen molar-refractivity contribution in [1.29, 1.82) is 0 Å². The number of benzene rings is 3. The SMILES string of the molecule is Cc1ccc(-c2n[nH]c3c2C(c2ccc(C)cc2)N(c2ccc(F)cc2)C3=O)cc1. The van der Waals surface area contributed by atoms with Crippen molar-refractivity contribution in [2.24, 2.45) is 0 Å². The first kappa shape index (κ1) is 18.3. The van der Waals surface area contributed by atoms with Crippen molar-refractivity contribution in [3.63, 3.8) is 0 Å². The van der Waals surface area contributed by atoms with Crippen LogP contribution in [0.3, 0.4) is 0 Å². The van der Waals surface area contributed by atoms with Crippen LogP contribution in [0.5, 0.6) is 0 Å². The van der Waals surface area contributed by atoms with E-state index >= 15 is 0 Å². The summed E-state index contributed by atoms with van der Waals surface area (Å²) in [6, 6.07) is 21.9. The van der Waals surface area contributed by atoms with Crippen LogP contribution in [-0.2, 0) is 0 Å². The molecule has 0 spiro atoms. The molecule has 0 bridgehead atoms. The van der Waals surface area contributed by atoms with Crippen molar-refractivity contribution in [3.05, 3.63) is 107 Å². The average molecular weight is 397 g/mol. The number of amides is 1. The molecule has 1 N–H and O–H groups in total. The van der Waals surface area contributed by atoms with Crippen LogP contribution in [0.4, 0.5) is 10.1 Å². The molecule has 1 aromatic heterocycles. The first-order valence-corrected chi connectivity index (χ1v) is 9.84. The average Bonchev–Trinajstić information content (AvgIpc) is 3.29. The molecule has 1 amide bonds. The lowest BCUT2D eigenvalue weighted by Crippen LogP contribution is -2.29. The molecule has 148 valence electrons. The summed E-state index contributed by atoms with van der Waals surface area (Å²) in [5, 5.41) is 7.45. The summed E-state index contributed by atoms with van der Waals surface area (Å²) in [5.74, 6) is -0.508. The van der Waals surface area contributed by atoms with Crippen LogP contribution in [0.15, 0.2) is 72.8 Å². The fourth-order valence-corrected chi connectivity index (χ4v) is 4.01. The number of carbonyl (C=O) groups excluding carboxylic acids is 1. The van der Waals surface area contributed by atoms with Gasteiger partial charge >= 0.3 is 0 Å². The van der Waals surface area contributed by atoms with Crippen LogP contribution >= 0.6 is 0 Å². The number of fused-ring (bicyclic) bond motifs is 1. The van der Waals surface area contributed by atoms with Crippen molar-refractivity contribution in [2.45, 2.75) is 19.9 Å². The predicted octanol–water partition coefficient (Wildman–Crippen LogP) is 5.58. The molecule has 2 heterocycles. The molecule has 4 nitrogen and oxygen atoms in total. The molecule has 3 aromatic carbocycles. The van der Waals surface area contributed by atoms with Gasteiger partial charge in [0.15, 0.2) is 0 Å². The Morgan fingerprint density at radius 1 is 0.867 bits per heavy atom. The van der Waals surface area contributed by atoms with E-state index in [0.717, 1.165) is 33.5 Å². The Bertz CT molecular complexity index is 1230. The number of aromatic amines is 1. The number of aryl methyl sites for hydroxylation is 2. The molecule has 1 atom stereocenters. The quantitative estimate of drug-likeness (QED) is 0.490. The highest BCUT2D eigenvalue weighted by Crippen LogP contribution is 2.45. The van der Waals surface area contributed by atoms with Gasteiger partial charge < -0.3 is 0 Å². The summed E-state index contributed by atoms with van der Waals surface area (Å²) < 4.78 is 13.5. The van der Waals surface area contributed by atoms with E-state index in [0.29, 0.717) is 11.4 Å². The van der Waals surface area contributed by atoms with Crippen molar-refractivity contribution < 1.29 is 9.18 Å². The Kier molecular flexibility index (Phi) is 4.24. The van der Waals surface area contributed by atoms with Gasteiger partial charge in [0, 0.05) is 16.8 Å². The Morgan fingerprint density at radius 2 is 1.47 bits per heavy atom. The monoisotopic (exact) mass is 397 g/mol. The molecule has 0 aliphatic carbocycles. The molecule has 1 aliphatic heterocycles. The van der Waals surface area contributed by atoms with E-state index in [4.69, 9.17) is 0 Å². The third kappa shape index (κ3) is 2.90. The van der Waals surface area contributed by atoms with Gasteiger partial charge in [-0.2, -0.15) is 5.10 Å². The molecule has 0 saturated carbocycles. The lowest BCUT2D eigenvalue weighted by molar-refractivity contribution is 0.0988. The van der Waals surface area contributed by atoms with Gasteiger partial charge in [-0.05, 0) is 43.7 Å². The first-order chi connectivity index (χ1) is 14.5. The molecule has 5 rings (SSSR count). The zero-order valence-corrected chi connectivity index (χ0v) is 16.7. The highest BCUT2D eigenvalue weighted by molar-refractivity contribution is 6.11. The topological polar surface area (TPSA) is 49.0 Å². The van der Waals surface area contributed by atoms with Gasteiger partial charge in [-0.15, -0.1) is 0 Å². The lowest BCUT2D eigenvalue weighted by Gasteiger charge is -2.26. The predicted molar refractivity (Wildman–Crippen MR) is 115 cm³/mol. The lowest BCUT2D eigenvalue weighted by atomic mass is 9.95. The molecule has 0 fully saturated rings. The molecule has 1 unspecified atom stereocenters. The summed E-state index contributed by atoms with van der Waals surface area (Å²) in [6.45, 7) is 4.07. The van der Waals surface area contributed by atoms with Crippen LogP contribution in [-0.4, -0.2) is 16.1 Å². The molecule has 4 aromatic rings. The van der Waals surface area contributed by atoms with Crippen molar-refractivity contribution in [3.8, 4) is 11.3 Å². The van der Waals surface area contributed by atoms with E-state index in [1.54, 1.807) is 17.0 Å². The van der Waals surface area contributed by atoms with Crippen molar-refractivity contribution in [1.82, 2.24) is 10.2 Å². The van der Waals surface area contributed by atoms with E-state index in [9.17, 15) is 9.18 Å². The number of nitrogens with zero attached hydrogens (tertiary/aromatic N) is 2. The smallest absolute Gasteiger partial charge is 0.277 e. The number of hydrogen-bond acceptors (Lipinski definition) is 2. The highest BCUT2D eigenvalue weighted by Gasteiger charge is 2.43. The zero-order chi connectivity index (χ0) is 20.8. The molecule has 0 saturated heterocycles. The minimum Gasteiger partial charge on any atom is -0.295 e. The molecule has 0 radical (unpaired) electrons. The van der Waals surface area contributed by atoms with E-state index < -0.39 is 0 Å². The third-order valence-electron chi connectivity index (χ3n) is 5.59. The van der Waals surface area contributed by atoms with E-state index in [1.165, 1.54) is 12.1 Å². The van der Waals surface area contributed by atoms with E-state index in [-0.39, 0.29) is 17.8 Å². The van der Waals surface area contributed by atoms with Gasteiger partial charge in [-0.25, -0.2) is 4.39 Å². The maximum Gasteiger partial charge on any atom is 0.277 e. The third-order valence-corrected chi connectivity index (χ3v) is 5.59. The molecule has 30 heavy (non-hydrogen) atoms. The normalized spacial score (nSPS) is 15.5. The number of rotatable bonds is 3. The highest BCUT2D eigenvalue weighted by atomic mass is 19.1. The van der Waals surface area contributed by atoms with Crippen LogP contribution in [0.1, 0.15) is 38.8 Å². The number of hydrogen-bond donors (Lipinski definition) is 1. The first-order valence-electron chi connectivity index (χ1n) is 9.84. The largest absolute Gasteiger partial charge is 0.295 e. The maximum absolute atomic E-state index is 13.5. The van der Waals surface area contributed by atoms with Gasteiger partial charge in [-0.3, -0.25) is 14.8 Å². The minimum atomic E-state index is -0.353. The Hall–Kier alpha value is -3.73. The fraction of sp³-hybridized carbons (Fsp3) is 0.120. The summed E-state index contributed by atoms with van der Waals surface area (Å²) in [6.07, 6.45) is 0. The molecular weight excluding hydrogens is 377 g/mol. The summed E-state index contributed by atoms with van der Waals surface area (Å²) in [7, 11) is 0. The Morgan fingerprint density at radius 3 is 2.10 bits per heavy atom. The van der Waals surface area contributed by atoms with Crippen LogP contribution in [0, 0.1) is 19.7 Å². The number of anilines is 1. The molecular formula is C25H20FN3O. The number of nitrogens with one attached hydrogen (secondary N) is 1. The fourth-order valence-electron chi connectivity index (χ4n) is 4.01. The van der Waals surface area contributed by atoms with Crippen LogP contribution < -0.4 is 4.90 Å². The van der Waals surface area contributed by atoms with Gasteiger partial charge in [0.05, 0.1) is 11.7 Å². The standard InChI is InChI=1S/C25H20FN3O/c1-15-3-7-17(8-4-15)22-21-23(28-27-22)25(30)29(20-13-11-19(26)12-14-20)24(21)18-9-5-16(2)6-10-18/h3-14,24H,1-2H3,(H,27,28). The van der Waals surface area contributed by atoms with Gasteiger partial charge in [-0.1, -0.05) is 59.7 Å². The summed E-state index contributed by atoms with van der Waals surface area (Å²) in [5.41, 5.74) is 6.95. The maximum atomic E-state index is 13.5. The number of carbonyl (C=O) groups is 1. The van der Waals surface area contributed by atoms with Crippen molar-refractivity contribution in [2.75, 3.05) is 4.90 Å². The second kappa shape index (κ2) is 6.95. The van der Waals surface area contributed by atoms with E-state index in [1.807, 2.05) is 62.4 Å². The Labute approximate surface area is 174 Å². The van der Waals surface area contributed by atoms with Crippen LogP contribution in [0.2, 0.25) is 0 Å². The zero-order valence-electron chi connectivity index (χ0n) is 16.7.